The smallest absolute Gasteiger partial charge is 0.341 e. The molecule has 0 aliphatic carbocycles. The third kappa shape index (κ3) is 3.81. The summed E-state index contributed by atoms with van der Waals surface area (Å²) >= 11 is 1.39. The monoisotopic (exact) mass is 428 g/mol. The van der Waals surface area contributed by atoms with Crippen LogP contribution < -0.4 is 10.1 Å². The Morgan fingerprint density at radius 2 is 1.80 bits per heavy atom. The topological polar surface area (TPSA) is 69.6 Å². The van der Waals surface area contributed by atoms with Gasteiger partial charge in [-0.05, 0) is 70.9 Å². The number of nitrogens with one attached hydrogen (secondary N) is 1. The molecule has 0 radical (unpaired) electrons. The number of ether oxygens (including phenoxy) is 2. The van der Waals surface area contributed by atoms with Gasteiger partial charge in [0.05, 0.1) is 18.8 Å². The lowest BCUT2D eigenvalue weighted by atomic mass is 10.1. The average molecular weight is 429 g/mol. The number of fused-ring (bicyclic) bond motifs is 1. The Kier molecular flexibility index (Phi) is 6.51. The lowest BCUT2D eigenvalue weighted by molar-refractivity contribution is 0.0527. The molecule has 6 nitrogen and oxygen atoms in total. The molecule has 0 aliphatic rings. The molecule has 2 heterocycles. The van der Waals surface area contributed by atoms with E-state index in [1.54, 1.807) is 6.92 Å². The van der Waals surface area contributed by atoms with Crippen LogP contribution in [0.15, 0.2) is 18.2 Å². The summed E-state index contributed by atoms with van der Waals surface area (Å²) in [5.41, 5.74) is 3.71. The quantitative estimate of drug-likeness (QED) is 0.506. The first kappa shape index (κ1) is 21.9. The zero-order chi connectivity index (χ0) is 22.0. The van der Waals surface area contributed by atoms with Crippen LogP contribution in [0.3, 0.4) is 0 Å². The summed E-state index contributed by atoms with van der Waals surface area (Å²) < 4.78 is 12.8. The van der Waals surface area contributed by atoms with Crippen molar-refractivity contribution in [3.05, 3.63) is 45.5 Å². The van der Waals surface area contributed by atoms with E-state index in [-0.39, 0.29) is 12.5 Å². The third-order valence-electron chi connectivity index (χ3n) is 5.22. The lowest BCUT2D eigenvalue weighted by Gasteiger charge is -2.10. The van der Waals surface area contributed by atoms with E-state index in [9.17, 15) is 9.59 Å². The SMILES string of the molecule is CCOC(=O)c1c(NC(=O)c2c(C)c3cc(OCC)ccc3n2CC)sc(C)c1C. The van der Waals surface area contributed by atoms with Crippen LogP contribution in [-0.2, 0) is 11.3 Å². The van der Waals surface area contributed by atoms with E-state index in [0.717, 1.165) is 32.7 Å². The number of aromatic nitrogens is 1. The van der Waals surface area contributed by atoms with Gasteiger partial charge in [-0.2, -0.15) is 0 Å². The number of hydrogen-bond acceptors (Lipinski definition) is 5. The molecule has 3 rings (SSSR count). The zero-order valence-corrected chi connectivity index (χ0v) is 19.2. The standard InChI is InChI=1S/C23H28N2O4S/c1-7-25-18-11-10-16(28-8-2)12-17(18)14(5)20(25)21(26)24-22-19(23(27)29-9-3)13(4)15(6)30-22/h10-12H,7-9H2,1-6H3,(H,24,26). The number of benzene rings is 1. The van der Waals surface area contributed by atoms with Crippen LogP contribution in [0.1, 0.15) is 57.6 Å². The Bertz CT molecular complexity index is 1110. The van der Waals surface area contributed by atoms with Crippen LogP contribution in [0.4, 0.5) is 5.00 Å². The van der Waals surface area contributed by atoms with Crippen LogP contribution in [0, 0.1) is 20.8 Å². The van der Waals surface area contributed by atoms with Gasteiger partial charge in [-0.15, -0.1) is 11.3 Å². The molecule has 0 atom stereocenters. The lowest BCUT2D eigenvalue weighted by Crippen LogP contribution is -2.19. The molecule has 0 unspecified atom stereocenters. The zero-order valence-electron chi connectivity index (χ0n) is 18.3. The van der Waals surface area contributed by atoms with Crippen LogP contribution in [0.2, 0.25) is 0 Å². The molecule has 1 aromatic carbocycles. The van der Waals surface area contributed by atoms with Crippen molar-refractivity contribution in [3.63, 3.8) is 0 Å². The average Bonchev–Trinajstić information content (AvgIpc) is 3.15. The number of thiophene rings is 1. The maximum absolute atomic E-state index is 13.3. The van der Waals surface area contributed by atoms with Crippen molar-refractivity contribution in [2.24, 2.45) is 0 Å². The van der Waals surface area contributed by atoms with Gasteiger partial charge in [-0.25, -0.2) is 4.79 Å². The predicted molar refractivity (Wildman–Crippen MR) is 121 cm³/mol. The van der Waals surface area contributed by atoms with E-state index in [0.29, 0.717) is 29.4 Å². The number of anilines is 1. The fourth-order valence-corrected chi connectivity index (χ4v) is 4.75. The minimum absolute atomic E-state index is 0.240. The number of hydrogen-bond donors (Lipinski definition) is 1. The first-order valence-corrected chi connectivity index (χ1v) is 11.0. The highest BCUT2D eigenvalue weighted by Gasteiger charge is 2.25. The molecule has 0 fully saturated rings. The predicted octanol–water partition coefficient (Wildman–Crippen LogP) is 5.48. The summed E-state index contributed by atoms with van der Waals surface area (Å²) in [5, 5.41) is 4.48. The maximum atomic E-state index is 13.3. The summed E-state index contributed by atoms with van der Waals surface area (Å²) in [6, 6.07) is 5.88. The van der Waals surface area contributed by atoms with Gasteiger partial charge in [-0.3, -0.25) is 4.79 Å². The van der Waals surface area contributed by atoms with Gasteiger partial charge in [0, 0.05) is 22.3 Å². The van der Waals surface area contributed by atoms with Gasteiger partial charge in [0.2, 0.25) is 0 Å². The number of nitrogens with zero attached hydrogens (tertiary/aromatic N) is 1. The number of carbonyl (C=O) groups is 2. The number of aryl methyl sites for hydroxylation is 3. The van der Waals surface area contributed by atoms with E-state index in [1.165, 1.54) is 11.3 Å². The molecule has 7 heteroatoms. The number of rotatable bonds is 7. The molecule has 160 valence electrons. The van der Waals surface area contributed by atoms with Crippen molar-refractivity contribution in [1.29, 1.82) is 0 Å². The highest BCUT2D eigenvalue weighted by molar-refractivity contribution is 7.16. The van der Waals surface area contributed by atoms with E-state index in [1.807, 2.05) is 57.4 Å². The van der Waals surface area contributed by atoms with Crippen LogP contribution in [0.25, 0.3) is 10.9 Å². The van der Waals surface area contributed by atoms with Crippen LogP contribution >= 0.6 is 11.3 Å². The second-order valence-corrected chi connectivity index (χ2v) is 8.22. The largest absolute Gasteiger partial charge is 0.494 e. The fraction of sp³-hybridized carbons (Fsp3) is 0.391. The summed E-state index contributed by atoms with van der Waals surface area (Å²) in [5.74, 6) is 0.126. The molecular formula is C23H28N2O4S. The Morgan fingerprint density at radius 3 is 2.43 bits per heavy atom. The minimum Gasteiger partial charge on any atom is -0.494 e. The molecule has 0 aliphatic heterocycles. The Morgan fingerprint density at radius 1 is 1.07 bits per heavy atom. The highest BCUT2D eigenvalue weighted by atomic mass is 32.1. The van der Waals surface area contributed by atoms with Gasteiger partial charge < -0.3 is 19.4 Å². The third-order valence-corrected chi connectivity index (χ3v) is 6.34. The number of esters is 1. The Hall–Kier alpha value is -2.80. The van der Waals surface area contributed by atoms with Crippen LogP contribution in [-0.4, -0.2) is 29.7 Å². The van der Waals surface area contributed by atoms with E-state index >= 15 is 0 Å². The molecule has 2 aromatic heterocycles. The molecule has 0 spiro atoms. The Balaban J connectivity index is 2.05. The second-order valence-electron chi connectivity index (χ2n) is 6.99. The maximum Gasteiger partial charge on any atom is 0.341 e. The molecule has 1 amide bonds. The van der Waals surface area contributed by atoms with Gasteiger partial charge in [0.1, 0.15) is 16.4 Å². The van der Waals surface area contributed by atoms with Gasteiger partial charge in [-0.1, -0.05) is 0 Å². The summed E-state index contributed by atoms with van der Waals surface area (Å²) in [6.07, 6.45) is 0. The molecular weight excluding hydrogens is 400 g/mol. The molecule has 30 heavy (non-hydrogen) atoms. The number of carbonyl (C=O) groups excluding carboxylic acids is 2. The van der Waals surface area contributed by atoms with Gasteiger partial charge >= 0.3 is 5.97 Å². The van der Waals surface area contributed by atoms with E-state index in [2.05, 4.69) is 5.32 Å². The van der Waals surface area contributed by atoms with Crippen molar-refractivity contribution in [3.8, 4) is 5.75 Å². The normalized spacial score (nSPS) is 11.0. The first-order chi connectivity index (χ1) is 14.3. The molecule has 3 aromatic rings. The van der Waals surface area contributed by atoms with Gasteiger partial charge in [0.15, 0.2) is 0 Å². The van der Waals surface area contributed by atoms with Crippen molar-refractivity contribution in [1.82, 2.24) is 4.57 Å². The molecule has 1 N–H and O–H groups in total. The molecule has 0 bridgehead atoms. The highest BCUT2D eigenvalue weighted by Crippen LogP contribution is 2.35. The number of amides is 1. The Labute approximate surface area is 180 Å². The van der Waals surface area contributed by atoms with E-state index < -0.39 is 5.97 Å². The second kappa shape index (κ2) is 8.92. The van der Waals surface area contributed by atoms with Crippen LogP contribution in [0.5, 0.6) is 5.75 Å². The first-order valence-electron chi connectivity index (χ1n) is 10.2. The van der Waals surface area contributed by atoms with E-state index in [4.69, 9.17) is 9.47 Å². The molecule has 0 saturated heterocycles. The van der Waals surface area contributed by atoms with Crippen molar-refractivity contribution < 1.29 is 19.1 Å². The minimum atomic E-state index is -0.413. The fourth-order valence-electron chi connectivity index (χ4n) is 3.71. The summed E-state index contributed by atoms with van der Waals surface area (Å²) in [6.45, 7) is 13.0. The van der Waals surface area contributed by atoms with Gasteiger partial charge in [0.25, 0.3) is 5.91 Å². The van der Waals surface area contributed by atoms with Crippen molar-refractivity contribution >= 4 is 39.1 Å². The van der Waals surface area contributed by atoms with Crippen molar-refractivity contribution in [2.75, 3.05) is 18.5 Å². The summed E-state index contributed by atoms with van der Waals surface area (Å²) in [7, 11) is 0. The van der Waals surface area contributed by atoms with Crippen molar-refractivity contribution in [2.45, 2.75) is 48.1 Å². The summed E-state index contributed by atoms with van der Waals surface area (Å²) in [4.78, 5) is 26.8. The molecule has 0 saturated carbocycles.